The van der Waals surface area contributed by atoms with Gasteiger partial charge in [0.25, 0.3) is 0 Å². The third kappa shape index (κ3) is 5.98. The molecule has 1 aliphatic rings. The van der Waals surface area contributed by atoms with Crippen molar-refractivity contribution < 1.29 is 28.6 Å². The lowest BCUT2D eigenvalue weighted by Gasteiger charge is -2.36. The molecule has 0 bridgehead atoms. The summed E-state index contributed by atoms with van der Waals surface area (Å²) >= 11 is 0. The van der Waals surface area contributed by atoms with Gasteiger partial charge < -0.3 is 19.1 Å². The van der Waals surface area contributed by atoms with Crippen molar-refractivity contribution >= 4 is 18.0 Å². The van der Waals surface area contributed by atoms with Crippen LogP contribution in [0.25, 0.3) is 0 Å². The number of esters is 2. The third-order valence-corrected chi connectivity index (χ3v) is 4.29. The number of likely N-dealkylation sites (tertiary alicyclic amines) is 1. The number of nitrogens with zero attached hydrogens (tertiary/aromatic N) is 1. The van der Waals surface area contributed by atoms with Crippen LogP contribution in [0.15, 0.2) is 30.3 Å². The molecule has 0 saturated carbocycles. The van der Waals surface area contributed by atoms with Gasteiger partial charge >= 0.3 is 18.0 Å². The predicted octanol–water partition coefficient (Wildman–Crippen LogP) is 2.78. The molecule has 1 aromatic rings. The molecule has 1 saturated heterocycles. The fourth-order valence-electron chi connectivity index (χ4n) is 2.98. The molecule has 2 rings (SSSR count). The van der Waals surface area contributed by atoms with Crippen molar-refractivity contribution in [2.24, 2.45) is 11.8 Å². The zero-order chi connectivity index (χ0) is 20.0. The van der Waals surface area contributed by atoms with E-state index >= 15 is 0 Å². The molecule has 27 heavy (non-hydrogen) atoms. The Morgan fingerprint density at radius 1 is 1.07 bits per heavy atom. The maximum atomic E-state index is 12.5. The van der Waals surface area contributed by atoms with Crippen LogP contribution in [0.1, 0.15) is 32.8 Å². The van der Waals surface area contributed by atoms with Crippen molar-refractivity contribution in [3.8, 4) is 0 Å². The van der Waals surface area contributed by atoms with Crippen LogP contribution in [-0.4, -0.2) is 48.7 Å². The molecule has 1 fully saturated rings. The molecule has 0 aliphatic carbocycles. The molecule has 0 spiro atoms. The molecule has 0 N–H and O–H groups in total. The van der Waals surface area contributed by atoms with E-state index < -0.39 is 35.5 Å². The molecule has 7 heteroatoms. The summed E-state index contributed by atoms with van der Waals surface area (Å²) in [7, 11) is 1.27. The first kappa shape index (κ1) is 20.7. The Morgan fingerprint density at radius 2 is 1.74 bits per heavy atom. The second-order valence-electron chi connectivity index (χ2n) is 7.54. The summed E-state index contributed by atoms with van der Waals surface area (Å²) in [6.07, 6.45) is -0.204. The van der Waals surface area contributed by atoms with E-state index in [-0.39, 0.29) is 13.2 Å². The first-order chi connectivity index (χ1) is 12.7. The van der Waals surface area contributed by atoms with Gasteiger partial charge in [-0.15, -0.1) is 0 Å². The second-order valence-corrected chi connectivity index (χ2v) is 7.54. The molecule has 1 aromatic carbocycles. The number of benzene rings is 1. The highest BCUT2D eigenvalue weighted by Crippen LogP contribution is 2.28. The van der Waals surface area contributed by atoms with Crippen molar-refractivity contribution in [2.75, 3.05) is 20.2 Å². The van der Waals surface area contributed by atoms with Gasteiger partial charge in [0, 0.05) is 13.1 Å². The maximum Gasteiger partial charge on any atom is 0.410 e. The van der Waals surface area contributed by atoms with E-state index in [0.29, 0.717) is 13.0 Å². The van der Waals surface area contributed by atoms with Gasteiger partial charge in [-0.2, -0.15) is 0 Å². The van der Waals surface area contributed by atoms with E-state index in [2.05, 4.69) is 0 Å². The van der Waals surface area contributed by atoms with Crippen molar-refractivity contribution in [1.29, 1.82) is 0 Å². The Morgan fingerprint density at radius 3 is 2.33 bits per heavy atom. The number of carbonyl (C=O) groups excluding carboxylic acids is 3. The van der Waals surface area contributed by atoms with Gasteiger partial charge in [-0.05, 0) is 32.8 Å². The molecule has 1 aliphatic heterocycles. The van der Waals surface area contributed by atoms with Crippen LogP contribution in [-0.2, 0) is 30.4 Å². The Balaban J connectivity index is 2.01. The molecule has 0 radical (unpaired) electrons. The summed E-state index contributed by atoms with van der Waals surface area (Å²) in [5.41, 5.74) is 0.225. The van der Waals surface area contributed by atoms with E-state index in [0.717, 1.165) is 5.56 Å². The van der Waals surface area contributed by atoms with E-state index in [1.165, 1.54) is 12.0 Å². The number of hydrogen-bond acceptors (Lipinski definition) is 6. The monoisotopic (exact) mass is 377 g/mol. The van der Waals surface area contributed by atoms with Crippen LogP contribution in [0.5, 0.6) is 0 Å². The van der Waals surface area contributed by atoms with Crippen LogP contribution < -0.4 is 0 Å². The van der Waals surface area contributed by atoms with Crippen LogP contribution in [0.4, 0.5) is 4.79 Å². The molecule has 0 aromatic heterocycles. The van der Waals surface area contributed by atoms with E-state index in [1.807, 2.05) is 30.3 Å². The van der Waals surface area contributed by atoms with Gasteiger partial charge in [0.1, 0.15) is 12.2 Å². The highest BCUT2D eigenvalue weighted by atomic mass is 16.6. The van der Waals surface area contributed by atoms with Crippen LogP contribution in [0.3, 0.4) is 0 Å². The predicted molar refractivity (Wildman–Crippen MR) is 97.7 cm³/mol. The SMILES string of the molecule is COC(=O)[C@H]1CN(C(=O)OCc2ccccc2)CC[C@@H]1C(=O)OC(C)(C)C. The molecular weight excluding hydrogens is 350 g/mol. The lowest BCUT2D eigenvalue weighted by atomic mass is 9.85. The normalized spacial score (nSPS) is 19.9. The van der Waals surface area contributed by atoms with Crippen molar-refractivity contribution in [3.63, 3.8) is 0 Å². The number of rotatable bonds is 4. The van der Waals surface area contributed by atoms with Gasteiger partial charge in [0.15, 0.2) is 0 Å². The van der Waals surface area contributed by atoms with E-state index in [4.69, 9.17) is 14.2 Å². The minimum atomic E-state index is -0.775. The smallest absolute Gasteiger partial charge is 0.410 e. The zero-order valence-electron chi connectivity index (χ0n) is 16.3. The Labute approximate surface area is 159 Å². The lowest BCUT2D eigenvalue weighted by Crippen LogP contribution is -2.50. The van der Waals surface area contributed by atoms with Gasteiger partial charge in [0.2, 0.25) is 0 Å². The van der Waals surface area contributed by atoms with Crippen LogP contribution in [0.2, 0.25) is 0 Å². The molecule has 2 atom stereocenters. The molecule has 7 nitrogen and oxygen atoms in total. The number of piperidine rings is 1. The quantitative estimate of drug-likeness (QED) is 0.593. The minimum absolute atomic E-state index is 0.0597. The average molecular weight is 377 g/mol. The molecule has 1 amide bonds. The van der Waals surface area contributed by atoms with Crippen LogP contribution >= 0.6 is 0 Å². The number of carbonyl (C=O) groups is 3. The fraction of sp³-hybridized carbons (Fsp3) is 0.550. The Hall–Kier alpha value is -2.57. The fourth-order valence-corrected chi connectivity index (χ4v) is 2.98. The Bertz CT molecular complexity index is 667. The van der Waals surface area contributed by atoms with Gasteiger partial charge in [-0.25, -0.2) is 4.79 Å². The number of hydrogen-bond donors (Lipinski definition) is 0. The van der Waals surface area contributed by atoms with Crippen LogP contribution in [0, 0.1) is 11.8 Å². The minimum Gasteiger partial charge on any atom is -0.469 e. The topological polar surface area (TPSA) is 82.1 Å². The summed E-state index contributed by atoms with van der Waals surface area (Å²) in [6, 6.07) is 9.33. The first-order valence-electron chi connectivity index (χ1n) is 8.97. The molecule has 1 heterocycles. The largest absolute Gasteiger partial charge is 0.469 e. The summed E-state index contributed by atoms with van der Waals surface area (Å²) < 4.78 is 15.6. The maximum absolute atomic E-state index is 12.5. The Kier molecular flexibility index (Phi) is 6.82. The van der Waals surface area contributed by atoms with Gasteiger partial charge in [0.05, 0.1) is 18.9 Å². The third-order valence-electron chi connectivity index (χ3n) is 4.29. The number of methoxy groups -OCH3 is 1. The second kappa shape index (κ2) is 8.88. The number of amides is 1. The summed E-state index contributed by atoms with van der Waals surface area (Å²) in [5, 5.41) is 0. The summed E-state index contributed by atoms with van der Waals surface area (Å²) in [6.45, 7) is 5.83. The summed E-state index contributed by atoms with van der Waals surface area (Å²) in [4.78, 5) is 38.5. The van der Waals surface area contributed by atoms with Crippen molar-refractivity contribution in [2.45, 2.75) is 39.4 Å². The highest BCUT2D eigenvalue weighted by molar-refractivity contribution is 5.83. The molecule has 148 valence electrons. The lowest BCUT2D eigenvalue weighted by molar-refractivity contribution is -0.170. The van der Waals surface area contributed by atoms with Crippen molar-refractivity contribution in [3.05, 3.63) is 35.9 Å². The standard InChI is InChI=1S/C20H27NO6/c1-20(2,3)27-18(23)15-10-11-21(12-16(15)17(22)25-4)19(24)26-13-14-8-6-5-7-9-14/h5-9,15-16H,10-13H2,1-4H3/t15-,16-/m0/s1. The van der Waals surface area contributed by atoms with E-state index in [1.54, 1.807) is 20.8 Å². The zero-order valence-corrected chi connectivity index (χ0v) is 16.3. The summed E-state index contributed by atoms with van der Waals surface area (Å²) in [5.74, 6) is -2.40. The van der Waals surface area contributed by atoms with Crippen molar-refractivity contribution in [1.82, 2.24) is 4.90 Å². The van der Waals surface area contributed by atoms with Gasteiger partial charge in [-0.3, -0.25) is 9.59 Å². The van der Waals surface area contributed by atoms with E-state index in [9.17, 15) is 14.4 Å². The highest BCUT2D eigenvalue weighted by Gasteiger charge is 2.42. The molecular formula is C20H27NO6. The molecule has 0 unspecified atom stereocenters. The average Bonchev–Trinajstić information content (AvgIpc) is 2.64. The first-order valence-corrected chi connectivity index (χ1v) is 8.97. The van der Waals surface area contributed by atoms with Gasteiger partial charge in [-0.1, -0.05) is 30.3 Å². The number of ether oxygens (including phenoxy) is 3.